The summed E-state index contributed by atoms with van der Waals surface area (Å²) in [6.45, 7) is -0.0811. The molecule has 1 aliphatic carbocycles. The van der Waals surface area contributed by atoms with E-state index in [9.17, 15) is 33.4 Å². The zero-order valence-electron chi connectivity index (χ0n) is 16.7. The van der Waals surface area contributed by atoms with Crippen molar-refractivity contribution >= 4 is 40.6 Å². The molecule has 2 fully saturated rings. The number of hydrogen-bond donors (Lipinski definition) is 7. The van der Waals surface area contributed by atoms with E-state index in [0.29, 0.717) is 0 Å². The lowest BCUT2D eigenvalue weighted by atomic mass is 9.96. The number of nitrogens with two attached hydrogens (primary N) is 1. The Morgan fingerprint density at radius 2 is 1.94 bits per heavy atom. The number of anilines is 1. The van der Waals surface area contributed by atoms with E-state index in [1.165, 1.54) is 0 Å². The number of aromatic nitrogens is 4. The van der Waals surface area contributed by atoms with Crippen molar-refractivity contribution in [3.05, 3.63) is 16.7 Å². The summed E-state index contributed by atoms with van der Waals surface area (Å²) in [5.41, 5.74) is -2.57. The standard InChI is InChI=1S/C12H17FN5O13P3/c1-10(20)8(18-4-15-5-6(18)16-9(14)17-7(5)19)29-11(2-12(10,11)13)3-28-33(24,25)31-34(26,27)30-32(21,22)23/h4,8,20H,2-3H2,1H3,(H,24,25)(H,26,27)(H2,21,22,23)(H3,14,16,17,19)/t8-,10+,11-,12+/m1/s1. The molecule has 0 aromatic carbocycles. The van der Waals surface area contributed by atoms with Crippen molar-refractivity contribution in [1.29, 1.82) is 0 Å². The number of phosphoric acid groups is 3. The maximum absolute atomic E-state index is 15.6. The molecule has 0 radical (unpaired) electrons. The fraction of sp³-hybridized carbons (Fsp3) is 0.583. The van der Waals surface area contributed by atoms with E-state index in [0.717, 1.165) is 17.8 Å². The molecule has 0 amide bonds. The lowest BCUT2D eigenvalue weighted by Crippen LogP contribution is -2.44. The Balaban J connectivity index is 1.57. The zero-order valence-corrected chi connectivity index (χ0v) is 19.4. The first-order chi connectivity index (χ1) is 15.3. The summed E-state index contributed by atoms with van der Waals surface area (Å²) in [4.78, 5) is 57.8. The van der Waals surface area contributed by atoms with Crippen LogP contribution in [0.4, 0.5) is 10.3 Å². The van der Waals surface area contributed by atoms with Gasteiger partial charge in [0.05, 0.1) is 12.9 Å². The Labute approximate surface area is 186 Å². The zero-order chi connectivity index (χ0) is 25.5. The van der Waals surface area contributed by atoms with Crippen LogP contribution in [0.3, 0.4) is 0 Å². The number of halogens is 1. The SMILES string of the molecule is C[C@]1(O)[C@H](n2cnc3c(=O)[nH]c(N)nc32)O[C@@]2(COP(=O)(O)OP(=O)(O)OP(=O)(O)O)C[C@@]21F. The number of rotatable bonds is 8. The molecule has 2 aromatic heterocycles. The number of nitrogens with one attached hydrogen (secondary N) is 1. The maximum atomic E-state index is 15.6. The molecular weight excluding hydrogens is 534 g/mol. The van der Waals surface area contributed by atoms with Crippen LogP contribution >= 0.6 is 23.5 Å². The van der Waals surface area contributed by atoms with E-state index in [-0.39, 0.29) is 17.1 Å². The lowest BCUT2D eigenvalue weighted by molar-refractivity contribution is -0.132. The van der Waals surface area contributed by atoms with Crippen molar-refractivity contribution in [1.82, 2.24) is 19.5 Å². The van der Waals surface area contributed by atoms with Gasteiger partial charge in [0.15, 0.2) is 23.1 Å². The van der Waals surface area contributed by atoms with E-state index >= 15 is 4.39 Å². The third-order valence-electron chi connectivity index (χ3n) is 5.33. The van der Waals surface area contributed by atoms with Gasteiger partial charge in [-0.2, -0.15) is 13.6 Å². The van der Waals surface area contributed by atoms with Gasteiger partial charge in [0, 0.05) is 6.42 Å². The molecule has 6 atom stereocenters. The fourth-order valence-corrected chi connectivity index (χ4v) is 6.85. The quantitative estimate of drug-likeness (QED) is 0.197. The summed E-state index contributed by atoms with van der Waals surface area (Å²) in [5.74, 6) is -0.306. The number of nitrogens with zero attached hydrogens (tertiary/aromatic N) is 3. The first-order valence-electron chi connectivity index (χ1n) is 8.91. The van der Waals surface area contributed by atoms with Crippen molar-refractivity contribution in [3.8, 4) is 0 Å². The molecule has 8 N–H and O–H groups in total. The van der Waals surface area contributed by atoms with Gasteiger partial charge in [-0.1, -0.05) is 0 Å². The molecule has 1 aliphatic heterocycles. The van der Waals surface area contributed by atoms with Gasteiger partial charge < -0.3 is 35.2 Å². The second-order valence-electron chi connectivity index (χ2n) is 7.73. The molecule has 190 valence electrons. The number of alkyl halides is 1. The Morgan fingerprint density at radius 3 is 2.56 bits per heavy atom. The van der Waals surface area contributed by atoms with Gasteiger partial charge in [0.1, 0.15) is 11.2 Å². The number of fused-ring (bicyclic) bond motifs is 2. The largest absolute Gasteiger partial charge is 0.490 e. The van der Waals surface area contributed by atoms with E-state index in [4.69, 9.17) is 20.3 Å². The number of hydrogen-bond acceptors (Lipinski definition) is 12. The van der Waals surface area contributed by atoms with Crippen LogP contribution in [0.2, 0.25) is 0 Å². The highest BCUT2D eigenvalue weighted by Crippen LogP contribution is 2.72. The van der Waals surface area contributed by atoms with Crippen LogP contribution in [0.5, 0.6) is 0 Å². The Morgan fingerprint density at radius 1 is 1.29 bits per heavy atom. The molecule has 18 nitrogen and oxygen atoms in total. The van der Waals surface area contributed by atoms with Gasteiger partial charge in [0.25, 0.3) is 5.56 Å². The second-order valence-corrected chi connectivity index (χ2v) is 12.1. The van der Waals surface area contributed by atoms with E-state index < -0.39 is 65.2 Å². The van der Waals surface area contributed by atoms with Crippen molar-refractivity contribution in [2.45, 2.75) is 36.4 Å². The average Bonchev–Trinajstić information content (AvgIpc) is 2.93. The summed E-state index contributed by atoms with van der Waals surface area (Å²) in [6, 6.07) is 0. The van der Waals surface area contributed by atoms with Crippen molar-refractivity contribution in [3.63, 3.8) is 0 Å². The van der Waals surface area contributed by atoms with Gasteiger partial charge in [-0.15, -0.1) is 0 Å². The summed E-state index contributed by atoms with van der Waals surface area (Å²) in [7, 11) is -17.0. The number of phosphoric ester groups is 1. The number of aromatic amines is 1. The smallest absolute Gasteiger partial charge is 0.382 e. The third kappa shape index (κ3) is 4.17. The molecule has 2 unspecified atom stereocenters. The van der Waals surface area contributed by atoms with Crippen molar-refractivity contribution in [2.24, 2.45) is 0 Å². The van der Waals surface area contributed by atoms with Crippen LogP contribution in [-0.4, -0.2) is 67.7 Å². The molecule has 3 heterocycles. The number of ether oxygens (including phenoxy) is 1. The van der Waals surface area contributed by atoms with E-state index in [1.54, 1.807) is 0 Å². The maximum Gasteiger partial charge on any atom is 0.490 e. The van der Waals surface area contributed by atoms with Gasteiger partial charge in [-0.05, 0) is 6.92 Å². The normalized spacial score (nSPS) is 34.5. The number of aliphatic hydroxyl groups is 1. The second kappa shape index (κ2) is 7.46. The van der Waals surface area contributed by atoms with Crippen LogP contribution in [0.15, 0.2) is 11.1 Å². The molecule has 0 bridgehead atoms. The minimum atomic E-state index is -5.79. The van der Waals surface area contributed by atoms with E-state index in [2.05, 4.69) is 28.1 Å². The van der Waals surface area contributed by atoms with Crippen molar-refractivity contribution < 1.29 is 60.6 Å². The predicted octanol–water partition coefficient (Wildman–Crippen LogP) is -0.824. The molecule has 34 heavy (non-hydrogen) atoms. The summed E-state index contributed by atoms with van der Waals surface area (Å²) in [5, 5.41) is 10.9. The topological polar surface area (TPSA) is 279 Å². The van der Waals surface area contributed by atoms with Crippen LogP contribution < -0.4 is 11.3 Å². The predicted molar refractivity (Wildman–Crippen MR) is 104 cm³/mol. The van der Waals surface area contributed by atoms with Gasteiger partial charge >= 0.3 is 23.5 Å². The summed E-state index contributed by atoms with van der Waals surface area (Å²) < 4.78 is 68.0. The number of imidazole rings is 1. The average molecular weight is 551 g/mol. The first-order valence-corrected chi connectivity index (χ1v) is 13.4. The highest BCUT2D eigenvalue weighted by molar-refractivity contribution is 7.66. The molecule has 22 heteroatoms. The fourth-order valence-electron chi connectivity index (χ4n) is 3.78. The summed E-state index contributed by atoms with van der Waals surface area (Å²) in [6.07, 6.45) is -1.12. The highest BCUT2D eigenvalue weighted by Gasteiger charge is 2.86. The minimum Gasteiger partial charge on any atom is -0.382 e. The molecule has 2 aliphatic rings. The van der Waals surface area contributed by atoms with Crippen LogP contribution in [0.1, 0.15) is 19.6 Å². The third-order valence-corrected chi connectivity index (χ3v) is 9.11. The van der Waals surface area contributed by atoms with Crippen molar-refractivity contribution in [2.75, 3.05) is 12.3 Å². The minimum absolute atomic E-state index is 0.167. The van der Waals surface area contributed by atoms with Crippen LogP contribution in [0.25, 0.3) is 11.2 Å². The first kappa shape index (κ1) is 25.5. The summed E-state index contributed by atoms with van der Waals surface area (Å²) >= 11 is 0. The van der Waals surface area contributed by atoms with Gasteiger partial charge in [-0.3, -0.25) is 18.9 Å². The van der Waals surface area contributed by atoms with Gasteiger partial charge in [-0.25, -0.2) is 23.1 Å². The molecule has 1 saturated carbocycles. The molecule has 1 saturated heterocycles. The highest BCUT2D eigenvalue weighted by atomic mass is 31.3. The Bertz CT molecular complexity index is 1370. The van der Waals surface area contributed by atoms with Crippen LogP contribution in [-0.2, 0) is 31.6 Å². The lowest BCUT2D eigenvalue weighted by Gasteiger charge is -2.30. The Kier molecular flexibility index (Phi) is 5.59. The molecule has 2 aromatic rings. The van der Waals surface area contributed by atoms with Crippen LogP contribution in [0, 0.1) is 0 Å². The van der Waals surface area contributed by atoms with E-state index in [1.807, 2.05) is 0 Å². The monoisotopic (exact) mass is 551 g/mol. The van der Waals surface area contributed by atoms with Gasteiger partial charge in [0.2, 0.25) is 5.95 Å². The Hall–Kier alpha value is -1.59. The molecule has 0 spiro atoms. The number of nitrogen functional groups attached to an aromatic ring is 1. The molecule has 4 rings (SSSR count). The molecular formula is C12H17FN5O13P3. The number of H-pyrrole nitrogens is 1.